The molecular weight excluding hydrogens is 314 g/mol. The first-order valence-corrected chi connectivity index (χ1v) is 7.56. The van der Waals surface area contributed by atoms with E-state index in [0.717, 1.165) is 12.3 Å². The van der Waals surface area contributed by atoms with Crippen molar-refractivity contribution in [2.24, 2.45) is 0 Å². The van der Waals surface area contributed by atoms with E-state index in [2.05, 4.69) is 9.97 Å². The second kappa shape index (κ2) is 4.99. The van der Waals surface area contributed by atoms with E-state index >= 15 is 0 Å². The average molecular weight is 322 g/mol. The van der Waals surface area contributed by atoms with Gasteiger partial charge >= 0.3 is 0 Å². The van der Waals surface area contributed by atoms with Crippen molar-refractivity contribution in [3.05, 3.63) is 64.6 Å². The summed E-state index contributed by atoms with van der Waals surface area (Å²) < 4.78 is 51.0. The topological polar surface area (TPSA) is 79.9 Å². The third-order valence-corrected chi connectivity index (χ3v) is 4.85. The van der Waals surface area contributed by atoms with Crippen molar-refractivity contribution < 1.29 is 17.2 Å². The van der Waals surface area contributed by atoms with Gasteiger partial charge in [0.1, 0.15) is 10.4 Å². The minimum absolute atomic E-state index is 0.0499. The lowest BCUT2D eigenvalue weighted by molar-refractivity contribution is 0.504. The zero-order chi connectivity index (χ0) is 15.9. The molecule has 8 heteroatoms. The number of pyridine rings is 2. The average Bonchev–Trinajstić information content (AvgIpc) is 2.50. The van der Waals surface area contributed by atoms with Crippen LogP contribution in [0.2, 0.25) is 0 Å². The van der Waals surface area contributed by atoms with E-state index in [1.54, 1.807) is 12.1 Å². The summed E-state index contributed by atoms with van der Waals surface area (Å²) in [5.74, 6) is -2.48. The van der Waals surface area contributed by atoms with Crippen LogP contribution in [0.3, 0.4) is 0 Å². The van der Waals surface area contributed by atoms with Gasteiger partial charge in [0.2, 0.25) is 15.3 Å². The van der Waals surface area contributed by atoms with Crippen LogP contribution in [0, 0.1) is 11.6 Å². The number of benzene rings is 1. The number of aromatic nitrogens is 2. The Kier molecular flexibility index (Phi) is 3.25. The van der Waals surface area contributed by atoms with E-state index in [9.17, 15) is 22.0 Å². The van der Waals surface area contributed by atoms with Crippen LogP contribution >= 0.6 is 0 Å². The normalized spacial score (nSPS) is 11.7. The Morgan fingerprint density at radius 1 is 1.09 bits per heavy atom. The van der Waals surface area contributed by atoms with E-state index in [0.29, 0.717) is 17.6 Å². The van der Waals surface area contributed by atoms with Crippen LogP contribution in [0.25, 0.3) is 11.0 Å². The van der Waals surface area contributed by atoms with Crippen LogP contribution in [0.15, 0.2) is 57.3 Å². The first-order chi connectivity index (χ1) is 10.4. The molecule has 0 bridgehead atoms. The van der Waals surface area contributed by atoms with Gasteiger partial charge in [0.15, 0.2) is 11.6 Å². The SMILES string of the molecule is O=c1c(S(=O)(=O)c2ccc(F)c(F)c2)c[nH]c2cccnc12. The molecule has 3 rings (SSSR count). The Hall–Kier alpha value is -2.61. The molecule has 0 atom stereocenters. The van der Waals surface area contributed by atoms with E-state index in [1.165, 1.54) is 6.20 Å². The second-order valence-electron chi connectivity index (χ2n) is 4.46. The van der Waals surface area contributed by atoms with Gasteiger partial charge in [-0.15, -0.1) is 0 Å². The minimum Gasteiger partial charge on any atom is -0.358 e. The minimum atomic E-state index is -4.29. The van der Waals surface area contributed by atoms with Crippen LogP contribution in [0.4, 0.5) is 8.78 Å². The fraction of sp³-hybridized carbons (Fsp3) is 0. The number of nitrogens with one attached hydrogen (secondary N) is 1. The third kappa shape index (κ3) is 2.17. The summed E-state index contributed by atoms with van der Waals surface area (Å²) in [5.41, 5.74) is -0.484. The molecule has 0 aliphatic rings. The molecule has 5 nitrogen and oxygen atoms in total. The molecule has 0 saturated heterocycles. The summed E-state index contributed by atoms with van der Waals surface area (Å²) in [6.45, 7) is 0. The van der Waals surface area contributed by atoms with Crippen molar-refractivity contribution >= 4 is 20.9 Å². The predicted octanol–water partition coefficient (Wildman–Crippen LogP) is 2.03. The summed E-state index contributed by atoms with van der Waals surface area (Å²) in [6.07, 6.45) is 2.37. The first kappa shape index (κ1) is 14.3. The summed E-state index contributed by atoms with van der Waals surface area (Å²) >= 11 is 0. The highest BCUT2D eigenvalue weighted by Crippen LogP contribution is 2.20. The monoisotopic (exact) mass is 322 g/mol. The van der Waals surface area contributed by atoms with Gasteiger partial charge in [-0.1, -0.05) is 0 Å². The third-order valence-electron chi connectivity index (χ3n) is 3.10. The van der Waals surface area contributed by atoms with Gasteiger partial charge < -0.3 is 4.98 Å². The molecular formula is C14H8F2N2O3S. The van der Waals surface area contributed by atoms with Crippen molar-refractivity contribution in [2.45, 2.75) is 9.79 Å². The molecule has 112 valence electrons. The molecule has 3 aromatic rings. The Balaban J connectivity index is 2.27. The lowest BCUT2D eigenvalue weighted by Gasteiger charge is -2.05. The number of nitrogens with zero attached hydrogens (tertiary/aromatic N) is 1. The zero-order valence-electron chi connectivity index (χ0n) is 10.9. The van der Waals surface area contributed by atoms with E-state index in [4.69, 9.17) is 0 Å². The van der Waals surface area contributed by atoms with Crippen LogP contribution in [-0.4, -0.2) is 18.4 Å². The van der Waals surface area contributed by atoms with Crippen molar-refractivity contribution in [3.8, 4) is 0 Å². The molecule has 0 amide bonds. The van der Waals surface area contributed by atoms with E-state index in [1.807, 2.05) is 0 Å². The first-order valence-electron chi connectivity index (χ1n) is 6.08. The van der Waals surface area contributed by atoms with Gasteiger partial charge in [-0.2, -0.15) is 0 Å². The molecule has 1 N–H and O–H groups in total. The van der Waals surface area contributed by atoms with Crippen molar-refractivity contribution in [1.82, 2.24) is 9.97 Å². The quantitative estimate of drug-likeness (QED) is 0.732. The summed E-state index contributed by atoms with van der Waals surface area (Å²) in [7, 11) is -4.29. The predicted molar refractivity (Wildman–Crippen MR) is 74.2 cm³/mol. The number of rotatable bonds is 2. The smallest absolute Gasteiger partial charge is 0.226 e. The number of halogens is 2. The Bertz CT molecular complexity index is 1050. The summed E-state index contributed by atoms with van der Waals surface area (Å²) in [4.78, 5) is 17.7. The highest BCUT2D eigenvalue weighted by molar-refractivity contribution is 7.91. The summed E-state index contributed by atoms with van der Waals surface area (Å²) in [6, 6.07) is 5.28. The van der Waals surface area contributed by atoms with Gasteiger partial charge in [0.05, 0.1) is 10.4 Å². The number of hydrogen-bond acceptors (Lipinski definition) is 4. The van der Waals surface area contributed by atoms with Crippen LogP contribution in [0.5, 0.6) is 0 Å². The molecule has 22 heavy (non-hydrogen) atoms. The second-order valence-corrected chi connectivity index (χ2v) is 6.38. The van der Waals surface area contributed by atoms with Gasteiger partial charge in [0.25, 0.3) is 0 Å². The van der Waals surface area contributed by atoms with Gasteiger partial charge in [-0.25, -0.2) is 17.2 Å². The number of sulfone groups is 1. The maximum absolute atomic E-state index is 13.2. The van der Waals surface area contributed by atoms with Crippen molar-refractivity contribution in [2.75, 3.05) is 0 Å². The highest BCUT2D eigenvalue weighted by atomic mass is 32.2. The number of hydrogen-bond donors (Lipinski definition) is 1. The molecule has 0 radical (unpaired) electrons. The zero-order valence-corrected chi connectivity index (χ0v) is 11.7. The maximum atomic E-state index is 13.2. The van der Waals surface area contributed by atoms with E-state index in [-0.39, 0.29) is 5.52 Å². The number of fused-ring (bicyclic) bond motifs is 1. The van der Waals surface area contributed by atoms with Gasteiger partial charge in [-0.3, -0.25) is 9.78 Å². The Morgan fingerprint density at radius 3 is 2.59 bits per heavy atom. The Labute approximate surface area is 123 Å². The summed E-state index contributed by atoms with van der Waals surface area (Å²) in [5, 5.41) is 0. The lowest BCUT2D eigenvalue weighted by Crippen LogP contribution is -2.17. The van der Waals surface area contributed by atoms with Gasteiger partial charge in [0, 0.05) is 12.4 Å². The molecule has 0 fully saturated rings. The maximum Gasteiger partial charge on any atom is 0.226 e. The molecule has 0 saturated carbocycles. The Morgan fingerprint density at radius 2 is 1.86 bits per heavy atom. The molecule has 2 heterocycles. The molecule has 0 unspecified atom stereocenters. The van der Waals surface area contributed by atoms with Crippen LogP contribution < -0.4 is 5.43 Å². The van der Waals surface area contributed by atoms with Gasteiger partial charge in [-0.05, 0) is 30.3 Å². The molecule has 1 aromatic carbocycles. The fourth-order valence-electron chi connectivity index (χ4n) is 2.00. The van der Waals surface area contributed by atoms with Crippen molar-refractivity contribution in [3.63, 3.8) is 0 Å². The lowest BCUT2D eigenvalue weighted by atomic mass is 10.3. The van der Waals surface area contributed by atoms with E-state index < -0.39 is 36.7 Å². The van der Waals surface area contributed by atoms with Crippen molar-refractivity contribution in [1.29, 1.82) is 0 Å². The fourth-order valence-corrected chi connectivity index (χ4v) is 3.31. The molecule has 2 aromatic heterocycles. The highest BCUT2D eigenvalue weighted by Gasteiger charge is 2.24. The van der Waals surface area contributed by atoms with Crippen LogP contribution in [-0.2, 0) is 9.84 Å². The molecule has 0 aliphatic heterocycles. The number of aromatic amines is 1. The standard InChI is InChI=1S/C14H8F2N2O3S/c15-9-4-3-8(6-10(9)16)22(20,21)12-7-18-11-2-1-5-17-13(11)14(12)19/h1-7H,(H,18,19). The number of H-pyrrole nitrogens is 1. The molecule has 0 aliphatic carbocycles. The van der Waals surface area contributed by atoms with Crippen LogP contribution in [0.1, 0.15) is 0 Å². The largest absolute Gasteiger partial charge is 0.358 e. The molecule has 0 spiro atoms.